The third-order valence-electron chi connectivity index (χ3n) is 3.65. The van der Waals surface area contributed by atoms with E-state index in [9.17, 15) is 14.4 Å². The van der Waals surface area contributed by atoms with Gasteiger partial charge in [-0.3, -0.25) is 14.4 Å². The summed E-state index contributed by atoms with van der Waals surface area (Å²) in [6.07, 6.45) is 0. The second-order valence-corrected chi connectivity index (χ2v) is 6.85. The molecule has 2 rings (SSSR count). The van der Waals surface area contributed by atoms with Crippen molar-refractivity contribution in [2.45, 2.75) is 12.7 Å². The summed E-state index contributed by atoms with van der Waals surface area (Å²) in [5.41, 5.74) is 3.25. The maximum Gasteiger partial charge on any atom is 0.325 e. The maximum absolute atomic E-state index is 12.1. The van der Waals surface area contributed by atoms with Gasteiger partial charge in [0, 0.05) is 17.0 Å². The van der Waals surface area contributed by atoms with Crippen LogP contribution in [0.3, 0.4) is 0 Å². The van der Waals surface area contributed by atoms with Gasteiger partial charge in [-0.1, -0.05) is 35.9 Å². The van der Waals surface area contributed by atoms with Crippen molar-refractivity contribution in [3.8, 4) is 0 Å². The van der Waals surface area contributed by atoms with E-state index < -0.39 is 11.9 Å². The van der Waals surface area contributed by atoms with Gasteiger partial charge >= 0.3 is 5.97 Å². The lowest BCUT2D eigenvalue weighted by atomic mass is 10.2. The van der Waals surface area contributed by atoms with Crippen LogP contribution in [0.15, 0.2) is 48.5 Å². The van der Waals surface area contributed by atoms with Gasteiger partial charge in [-0.15, -0.1) is 11.8 Å². The third kappa shape index (κ3) is 7.15. The van der Waals surface area contributed by atoms with Crippen molar-refractivity contribution in [1.29, 1.82) is 0 Å². The highest BCUT2D eigenvalue weighted by molar-refractivity contribution is 7.99. The molecule has 0 aromatic heterocycles. The second kappa shape index (κ2) is 10.4. The highest BCUT2D eigenvalue weighted by Crippen LogP contribution is 2.15. The Balaban J connectivity index is 1.82. The minimum atomic E-state index is -0.529. The normalized spacial score (nSPS) is 10.1. The molecule has 0 saturated heterocycles. The quantitative estimate of drug-likeness (QED) is 0.682. The number of aryl methyl sites for hydroxylation is 1. The number of benzene rings is 2. The Morgan fingerprint density at radius 3 is 2.52 bits per heavy atom. The van der Waals surface area contributed by atoms with E-state index in [1.165, 1.54) is 30.0 Å². The van der Waals surface area contributed by atoms with E-state index in [-0.39, 0.29) is 12.5 Å². The molecule has 2 amide bonds. The van der Waals surface area contributed by atoms with Crippen LogP contribution < -0.4 is 10.6 Å². The summed E-state index contributed by atoms with van der Waals surface area (Å²) in [4.78, 5) is 35.2. The lowest BCUT2D eigenvalue weighted by Crippen LogP contribution is -2.30. The molecule has 0 spiro atoms. The highest BCUT2D eigenvalue weighted by atomic mass is 32.2. The molecular formula is C20H22N2O4S. The van der Waals surface area contributed by atoms with E-state index >= 15 is 0 Å². The minimum Gasteiger partial charge on any atom is -0.468 e. The van der Waals surface area contributed by atoms with Crippen LogP contribution in [-0.2, 0) is 20.1 Å². The zero-order chi connectivity index (χ0) is 19.6. The largest absolute Gasteiger partial charge is 0.468 e. The van der Waals surface area contributed by atoms with Gasteiger partial charge in [0.1, 0.15) is 6.54 Å². The van der Waals surface area contributed by atoms with Gasteiger partial charge in [0.25, 0.3) is 5.91 Å². The van der Waals surface area contributed by atoms with Crippen molar-refractivity contribution >= 4 is 35.2 Å². The van der Waals surface area contributed by atoms with E-state index in [0.29, 0.717) is 17.0 Å². The Bertz CT molecular complexity index is 806. The molecule has 142 valence electrons. The van der Waals surface area contributed by atoms with Crippen molar-refractivity contribution in [2.24, 2.45) is 0 Å². The van der Waals surface area contributed by atoms with Gasteiger partial charge in [0.05, 0.1) is 12.9 Å². The van der Waals surface area contributed by atoms with Crippen molar-refractivity contribution in [3.05, 3.63) is 65.2 Å². The number of esters is 1. The molecule has 2 N–H and O–H groups in total. The number of anilines is 1. The first-order valence-corrected chi connectivity index (χ1v) is 9.51. The second-order valence-electron chi connectivity index (χ2n) is 5.87. The average Bonchev–Trinajstić information content (AvgIpc) is 2.67. The third-order valence-corrected chi connectivity index (χ3v) is 4.66. The fraction of sp³-hybridized carbons (Fsp3) is 0.250. The van der Waals surface area contributed by atoms with Gasteiger partial charge < -0.3 is 15.4 Å². The van der Waals surface area contributed by atoms with Gasteiger partial charge in [-0.05, 0) is 30.7 Å². The van der Waals surface area contributed by atoms with Crippen molar-refractivity contribution in [3.63, 3.8) is 0 Å². The predicted octanol–water partition coefficient (Wildman–Crippen LogP) is 2.77. The van der Waals surface area contributed by atoms with Crippen LogP contribution >= 0.6 is 11.8 Å². The number of ether oxygens (including phenoxy) is 1. The lowest BCUT2D eigenvalue weighted by Gasteiger charge is -2.08. The predicted molar refractivity (Wildman–Crippen MR) is 107 cm³/mol. The molecule has 0 radical (unpaired) electrons. The van der Waals surface area contributed by atoms with E-state index in [1.54, 1.807) is 24.3 Å². The van der Waals surface area contributed by atoms with E-state index in [1.807, 2.05) is 19.1 Å². The minimum absolute atomic E-state index is 0.140. The molecule has 0 heterocycles. The van der Waals surface area contributed by atoms with E-state index in [4.69, 9.17) is 0 Å². The number of rotatable bonds is 8. The highest BCUT2D eigenvalue weighted by Gasteiger charge is 2.10. The summed E-state index contributed by atoms with van der Waals surface area (Å²) in [5.74, 6) is -0.0149. The molecule has 2 aromatic rings. The lowest BCUT2D eigenvalue weighted by molar-refractivity contribution is -0.139. The Labute approximate surface area is 162 Å². The Hall–Kier alpha value is -2.80. The van der Waals surface area contributed by atoms with Crippen LogP contribution in [0.4, 0.5) is 5.69 Å². The Kier molecular flexibility index (Phi) is 7.88. The first-order valence-electron chi connectivity index (χ1n) is 8.36. The smallest absolute Gasteiger partial charge is 0.325 e. The first-order chi connectivity index (χ1) is 13.0. The first kappa shape index (κ1) is 20.5. The van der Waals surface area contributed by atoms with Crippen LogP contribution in [0.25, 0.3) is 0 Å². The van der Waals surface area contributed by atoms with Crippen molar-refractivity contribution in [1.82, 2.24) is 5.32 Å². The van der Waals surface area contributed by atoms with Crippen molar-refractivity contribution in [2.75, 3.05) is 24.7 Å². The number of thioether (sulfide) groups is 1. The number of methoxy groups -OCH3 is 1. The Morgan fingerprint density at radius 1 is 1.07 bits per heavy atom. The van der Waals surface area contributed by atoms with Gasteiger partial charge in [-0.25, -0.2) is 0 Å². The SMILES string of the molecule is COC(=O)CNC(=O)c1cccc(NC(=O)CSCc2ccc(C)cc2)c1. The summed E-state index contributed by atoms with van der Waals surface area (Å²) in [5, 5.41) is 5.23. The summed E-state index contributed by atoms with van der Waals surface area (Å²) in [6, 6.07) is 14.7. The molecule has 0 atom stereocenters. The summed E-state index contributed by atoms with van der Waals surface area (Å²) in [6.45, 7) is 1.83. The molecule has 27 heavy (non-hydrogen) atoms. The summed E-state index contributed by atoms with van der Waals surface area (Å²) >= 11 is 1.52. The molecule has 0 bridgehead atoms. The summed E-state index contributed by atoms with van der Waals surface area (Å²) in [7, 11) is 1.25. The number of carbonyl (C=O) groups excluding carboxylic acids is 3. The van der Waals surface area contributed by atoms with Gasteiger partial charge in [0.15, 0.2) is 0 Å². The standard InChI is InChI=1S/C20H22N2O4S/c1-14-6-8-15(9-7-14)12-27-13-18(23)22-17-5-3-4-16(10-17)20(25)21-11-19(24)26-2/h3-10H,11-13H2,1-2H3,(H,21,25)(H,22,23). The molecular weight excluding hydrogens is 364 g/mol. The maximum atomic E-state index is 12.1. The van der Waals surface area contributed by atoms with E-state index in [2.05, 4.69) is 27.5 Å². The van der Waals surface area contributed by atoms with Crippen LogP contribution in [0.2, 0.25) is 0 Å². The molecule has 0 fully saturated rings. The van der Waals surface area contributed by atoms with Crippen molar-refractivity contribution < 1.29 is 19.1 Å². The van der Waals surface area contributed by atoms with Crippen LogP contribution in [0, 0.1) is 6.92 Å². The monoisotopic (exact) mass is 386 g/mol. The molecule has 0 aliphatic carbocycles. The molecule has 7 heteroatoms. The zero-order valence-electron chi connectivity index (χ0n) is 15.3. The molecule has 0 unspecified atom stereocenters. The number of hydrogen-bond donors (Lipinski definition) is 2. The van der Waals surface area contributed by atoms with Crippen LogP contribution in [0.5, 0.6) is 0 Å². The topological polar surface area (TPSA) is 84.5 Å². The fourth-order valence-electron chi connectivity index (χ4n) is 2.21. The molecule has 6 nitrogen and oxygen atoms in total. The fourth-order valence-corrected chi connectivity index (χ4v) is 3.00. The van der Waals surface area contributed by atoms with Crippen LogP contribution in [0.1, 0.15) is 21.5 Å². The molecule has 0 aliphatic rings. The zero-order valence-corrected chi connectivity index (χ0v) is 16.1. The van der Waals surface area contributed by atoms with E-state index in [0.717, 1.165) is 5.75 Å². The number of nitrogens with one attached hydrogen (secondary N) is 2. The number of hydrogen-bond acceptors (Lipinski definition) is 5. The van der Waals surface area contributed by atoms with Crippen LogP contribution in [-0.4, -0.2) is 37.2 Å². The average molecular weight is 386 g/mol. The molecule has 0 aliphatic heterocycles. The number of carbonyl (C=O) groups is 3. The van der Waals surface area contributed by atoms with Gasteiger partial charge in [-0.2, -0.15) is 0 Å². The Morgan fingerprint density at radius 2 is 1.81 bits per heavy atom. The van der Waals surface area contributed by atoms with Gasteiger partial charge in [0.2, 0.25) is 5.91 Å². The summed E-state index contributed by atoms with van der Waals surface area (Å²) < 4.78 is 4.48. The number of amides is 2. The molecule has 0 saturated carbocycles. The molecule has 2 aromatic carbocycles.